The second kappa shape index (κ2) is 5.40. The summed E-state index contributed by atoms with van der Waals surface area (Å²) in [4.78, 5) is 7.05. The Kier molecular flexibility index (Phi) is 3.99. The van der Waals surface area contributed by atoms with Crippen LogP contribution in [0, 0.1) is 0 Å². The van der Waals surface area contributed by atoms with Crippen molar-refractivity contribution in [2.24, 2.45) is 0 Å². The maximum absolute atomic E-state index is 12.7. The first-order valence-electron chi connectivity index (χ1n) is 5.99. The maximum atomic E-state index is 12.7. The minimum Gasteiger partial charge on any atom is -0.218 e. The molecular weight excluding hydrogens is 289 g/mol. The fourth-order valence-corrected chi connectivity index (χ4v) is 1.93. The first-order chi connectivity index (χ1) is 9.27. The van der Waals surface area contributed by atoms with Crippen molar-refractivity contribution < 1.29 is 13.2 Å². The van der Waals surface area contributed by atoms with E-state index < -0.39 is 17.2 Å². The van der Waals surface area contributed by atoms with Crippen molar-refractivity contribution in [1.29, 1.82) is 0 Å². The first kappa shape index (κ1) is 14.8. The van der Waals surface area contributed by atoms with Crippen molar-refractivity contribution in [3.63, 3.8) is 0 Å². The van der Waals surface area contributed by atoms with Gasteiger partial charge in [0.1, 0.15) is 5.69 Å². The van der Waals surface area contributed by atoms with Crippen LogP contribution in [-0.2, 0) is 6.18 Å². The highest BCUT2D eigenvalue weighted by molar-refractivity contribution is 6.28. The Bertz CT molecular complexity index is 607. The van der Waals surface area contributed by atoms with Crippen molar-refractivity contribution >= 4 is 11.6 Å². The lowest BCUT2D eigenvalue weighted by molar-refractivity contribution is -0.141. The molecule has 0 aliphatic rings. The fourth-order valence-electron chi connectivity index (χ4n) is 1.75. The molecule has 0 aliphatic heterocycles. The van der Waals surface area contributed by atoms with Crippen LogP contribution in [0.3, 0.4) is 0 Å². The van der Waals surface area contributed by atoms with Gasteiger partial charge in [0.05, 0.1) is 5.69 Å². The van der Waals surface area contributed by atoms with Gasteiger partial charge in [-0.2, -0.15) is 13.2 Å². The van der Waals surface area contributed by atoms with Crippen molar-refractivity contribution in [2.45, 2.75) is 25.9 Å². The predicted molar refractivity (Wildman–Crippen MR) is 71.6 cm³/mol. The number of hydrogen-bond donors (Lipinski definition) is 0. The molecule has 6 heteroatoms. The van der Waals surface area contributed by atoms with E-state index in [1.54, 1.807) is 12.1 Å². The van der Waals surface area contributed by atoms with Crippen molar-refractivity contribution in [1.82, 2.24) is 9.97 Å². The molecule has 1 aromatic carbocycles. The fraction of sp³-hybridized carbons (Fsp3) is 0.286. The molecule has 1 heterocycles. The first-order valence-corrected chi connectivity index (χ1v) is 6.37. The largest absolute Gasteiger partial charge is 0.433 e. The summed E-state index contributed by atoms with van der Waals surface area (Å²) in [5.41, 5.74) is 0.794. The van der Waals surface area contributed by atoms with E-state index in [2.05, 4.69) is 9.97 Å². The monoisotopic (exact) mass is 300 g/mol. The van der Waals surface area contributed by atoms with Gasteiger partial charge in [-0.25, -0.2) is 9.97 Å². The van der Waals surface area contributed by atoms with E-state index in [0.29, 0.717) is 11.5 Å². The summed E-state index contributed by atoms with van der Waals surface area (Å²) in [5.74, 6) is 0.351. The third-order valence-electron chi connectivity index (χ3n) is 2.86. The zero-order valence-electron chi connectivity index (χ0n) is 10.9. The minimum atomic E-state index is -4.54. The van der Waals surface area contributed by atoms with Crippen LogP contribution in [0.2, 0.25) is 5.28 Å². The lowest BCUT2D eigenvalue weighted by Crippen LogP contribution is -2.09. The van der Waals surface area contributed by atoms with E-state index in [4.69, 9.17) is 11.6 Å². The molecule has 2 nitrogen and oxygen atoms in total. The molecule has 0 amide bonds. The molecule has 106 valence electrons. The third kappa shape index (κ3) is 3.28. The zero-order chi connectivity index (χ0) is 14.9. The number of halogens is 4. The topological polar surface area (TPSA) is 25.8 Å². The number of benzene rings is 1. The molecule has 0 aliphatic carbocycles. The van der Waals surface area contributed by atoms with Gasteiger partial charge >= 0.3 is 6.18 Å². The van der Waals surface area contributed by atoms with Gasteiger partial charge in [0, 0.05) is 5.56 Å². The van der Waals surface area contributed by atoms with E-state index in [9.17, 15) is 13.2 Å². The van der Waals surface area contributed by atoms with E-state index in [-0.39, 0.29) is 5.69 Å². The van der Waals surface area contributed by atoms with Gasteiger partial charge in [0.25, 0.3) is 0 Å². The average molecular weight is 301 g/mol. The Hall–Kier alpha value is -1.62. The molecule has 0 N–H and O–H groups in total. The quantitative estimate of drug-likeness (QED) is 0.734. The van der Waals surface area contributed by atoms with Crippen LogP contribution in [-0.4, -0.2) is 9.97 Å². The van der Waals surface area contributed by atoms with E-state index in [1.807, 2.05) is 26.0 Å². The summed E-state index contributed by atoms with van der Waals surface area (Å²) in [7, 11) is 0. The van der Waals surface area contributed by atoms with Crippen LogP contribution < -0.4 is 0 Å². The Morgan fingerprint density at radius 3 is 2.15 bits per heavy atom. The molecule has 0 saturated heterocycles. The molecule has 2 aromatic rings. The summed E-state index contributed by atoms with van der Waals surface area (Å²) in [6.07, 6.45) is -4.54. The van der Waals surface area contributed by atoms with Gasteiger partial charge in [0.15, 0.2) is 0 Å². The van der Waals surface area contributed by atoms with Gasteiger partial charge in [-0.15, -0.1) is 0 Å². The molecule has 0 atom stereocenters. The Morgan fingerprint density at radius 2 is 1.65 bits per heavy atom. The summed E-state index contributed by atoms with van der Waals surface area (Å²) in [5, 5.41) is -0.414. The normalized spacial score (nSPS) is 11.9. The van der Waals surface area contributed by atoms with E-state index in [1.165, 1.54) is 0 Å². The SMILES string of the molecule is CC(C)c1ccc(-c2cc(C(F)(F)F)nc(Cl)n2)cc1. The maximum Gasteiger partial charge on any atom is 0.433 e. The van der Waals surface area contributed by atoms with Gasteiger partial charge in [-0.3, -0.25) is 0 Å². The average Bonchev–Trinajstić information content (AvgIpc) is 2.37. The second-order valence-electron chi connectivity index (χ2n) is 4.68. The summed E-state index contributed by atoms with van der Waals surface area (Å²) < 4.78 is 38.1. The highest BCUT2D eigenvalue weighted by atomic mass is 35.5. The smallest absolute Gasteiger partial charge is 0.218 e. The summed E-state index contributed by atoms with van der Waals surface area (Å²) >= 11 is 5.57. The molecule has 1 aromatic heterocycles. The van der Waals surface area contributed by atoms with Crippen LogP contribution in [0.5, 0.6) is 0 Å². The Balaban J connectivity index is 2.44. The summed E-state index contributed by atoms with van der Waals surface area (Å²) in [6.45, 7) is 4.08. The molecular formula is C14H12ClF3N2. The molecule has 0 spiro atoms. The lowest BCUT2D eigenvalue weighted by Gasteiger charge is -2.09. The van der Waals surface area contributed by atoms with Gasteiger partial charge < -0.3 is 0 Å². The molecule has 0 fully saturated rings. The number of alkyl halides is 3. The molecule has 0 radical (unpaired) electrons. The van der Waals surface area contributed by atoms with Crippen LogP contribution in [0.1, 0.15) is 31.0 Å². The molecule has 0 unspecified atom stereocenters. The number of aromatic nitrogens is 2. The molecule has 0 bridgehead atoms. The van der Waals surface area contributed by atoms with Gasteiger partial charge in [-0.05, 0) is 29.1 Å². The van der Waals surface area contributed by atoms with Crippen LogP contribution in [0.25, 0.3) is 11.3 Å². The van der Waals surface area contributed by atoms with Crippen molar-refractivity contribution in [3.05, 3.63) is 46.9 Å². The third-order valence-corrected chi connectivity index (χ3v) is 3.03. The van der Waals surface area contributed by atoms with Crippen LogP contribution in [0.15, 0.2) is 30.3 Å². The lowest BCUT2D eigenvalue weighted by atomic mass is 10.0. The molecule has 20 heavy (non-hydrogen) atoms. The second-order valence-corrected chi connectivity index (χ2v) is 5.02. The molecule has 2 rings (SSSR count). The Morgan fingerprint density at radius 1 is 1.05 bits per heavy atom. The number of nitrogens with zero attached hydrogens (tertiary/aromatic N) is 2. The van der Waals surface area contributed by atoms with E-state index in [0.717, 1.165) is 11.6 Å². The number of hydrogen-bond acceptors (Lipinski definition) is 2. The zero-order valence-corrected chi connectivity index (χ0v) is 11.6. The van der Waals surface area contributed by atoms with Crippen molar-refractivity contribution in [2.75, 3.05) is 0 Å². The van der Waals surface area contributed by atoms with Gasteiger partial charge in [0.2, 0.25) is 5.28 Å². The predicted octanol–water partition coefficient (Wildman–Crippen LogP) is 4.94. The number of rotatable bonds is 2. The standard InChI is InChI=1S/C14H12ClF3N2/c1-8(2)9-3-5-10(6-4-9)11-7-12(14(16,17)18)20-13(15)19-11/h3-8H,1-2H3. The molecule has 0 saturated carbocycles. The van der Waals surface area contributed by atoms with Gasteiger partial charge in [-0.1, -0.05) is 38.1 Å². The highest BCUT2D eigenvalue weighted by Crippen LogP contribution is 2.31. The van der Waals surface area contributed by atoms with E-state index >= 15 is 0 Å². The van der Waals surface area contributed by atoms with Crippen molar-refractivity contribution in [3.8, 4) is 11.3 Å². The Labute approximate surface area is 119 Å². The minimum absolute atomic E-state index is 0.160. The highest BCUT2D eigenvalue weighted by Gasteiger charge is 2.33. The van der Waals surface area contributed by atoms with Crippen LogP contribution >= 0.6 is 11.6 Å². The van der Waals surface area contributed by atoms with Crippen LogP contribution in [0.4, 0.5) is 13.2 Å². The summed E-state index contributed by atoms with van der Waals surface area (Å²) in [6, 6.07) is 8.09.